The SMILES string of the molecule is Cn1cc(CN2CCC[C@@]3(CCN(Cc4cccs4)C3)C2)cn1. The minimum atomic E-state index is 0.526. The lowest BCUT2D eigenvalue weighted by Gasteiger charge is -2.40. The van der Waals surface area contributed by atoms with E-state index in [1.807, 2.05) is 29.3 Å². The van der Waals surface area contributed by atoms with E-state index >= 15 is 0 Å². The molecule has 4 heterocycles. The van der Waals surface area contributed by atoms with Crippen molar-refractivity contribution in [2.75, 3.05) is 26.2 Å². The van der Waals surface area contributed by atoms with E-state index in [0.717, 1.165) is 13.1 Å². The van der Waals surface area contributed by atoms with E-state index in [2.05, 4.69) is 38.6 Å². The second-order valence-electron chi connectivity index (χ2n) is 7.38. The number of likely N-dealkylation sites (tertiary alicyclic amines) is 2. The average molecular weight is 331 g/mol. The first-order chi connectivity index (χ1) is 11.2. The van der Waals surface area contributed by atoms with Gasteiger partial charge in [0, 0.05) is 49.9 Å². The van der Waals surface area contributed by atoms with Crippen molar-refractivity contribution in [2.24, 2.45) is 12.5 Å². The predicted octanol–water partition coefficient (Wildman–Crippen LogP) is 2.97. The van der Waals surface area contributed by atoms with E-state index in [-0.39, 0.29) is 0 Å². The van der Waals surface area contributed by atoms with Gasteiger partial charge in [-0.15, -0.1) is 11.3 Å². The monoisotopic (exact) mass is 330 g/mol. The number of hydrogen-bond acceptors (Lipinski definition) is 4. The molecule has 2 fully saturated rings. The Kier molecular flexibility index (Phi) is 4.26. The molecular weight excluding hydrogens is 304 g/mol. The molecule has 0 aliphatic carbocycles. The first kappa shape index (κ1) is 15.4. The van der Waals surface area contributed by atoms with E-state index in [1.165, 1.54) is 55.9 Å². The zero-order valence-corrected chi connectivity index (χ0v) is 14.8. The molecule has 23 heavy (non-hydrogen) atoms. The molecule has 0 N–H and O–H groups in total. The van der Waals surface area contributed by atoms with Crippen molar-refractivity contribution in [3.63, 3.8) is 0 Å². The normalized spacial score (nSPS) is 26.3. The number of rotatable bonds is 4. The van der Waals surface area contributed by atoms with Crippen LogP contribution in [0.4, 0.5) is 0 Å². The Bertz CT molecular complexity index is 635. The van der Waals surface area contributed by atoms with Crippen LogP contribution in [-0.2, 0) is 20.1 Å². The van der Waals surface area contributed by atoms with Crippen LogP contribution in [0.3, 0.4) is 0 Å². The van der Waals surface area contributed by atoms with Crippen molar-refractivity contribution in [3.8, 4) is 0 Å². The van der Waals surface area contributed by atoms with Crippen LogP contribution in [0, 0.1) is 5.41 Å². The van der Waals surface area contributed by atoms with Gasteiger partial charge < -0.3 is 0 Å². The first-order valence-electron chi connectivity index (χ1n) is 8.65. The first-order valence-corrected chi connectivity index (χ1v) is 9.53. The molecule has 2 saturated heterocycles. The van der Waals surface area contributed by atoms with Crippen molar-refractivity contribution in [3.05, 3.63) is 40.3 Å². The maximum Gasteiger partial charge on any atom is 0.0534 e. The van der Waals surface area contributed by atoms with Gasteiger partial charge in [0.05, 0.1) is 6.20 Å². The van der Waals surface area contributed by atoms with Crippen LogP contribution in [-0.4, -0.2) is 45.8 Å². The molecular formula is C18H26N4S. The van der Waals surface area contributed by atoms with Crippen LogP contribution >= 0.6 is 11.3 Å². The second-order valence-corrected chi connectivity index (χ2v) is 8.41. The molecule has 0 aromatic carbocycles. The molecule has 2 aromatic heterocycles. The lowest BCUT2D eigenvalue weighted by molar-refractivity contribution is 0.0867. The molecule has 0 bridgehead atoms. The Morgan fingerprint density at radius 3 is 2.78 bits per heavy atom. The van der Waals surface area contributed by atoms with Gasteiger partial charge >= 0.3 is 0 Å². The Hall–Kier alpha value is -1.17. The molecule has 4 nitrogen and oxygen atoms in total. The van der Waals surface area contributed by atoms with Crippen LogP contribution in [0.5, 0.6) is 0 Å². The number of hydrogen-bond donors (Lipinski definition) is 0. The van der Waals surface area contributed by atoms with E-state index in [1.54, 1.807) is 0 Å². The van der Waals surface area contributed by atoms with Crippen LogP contribution in [0.15, 0.2) is 29.9 Å². The largest absolute Gasteiger partial charge is 0.298 e. The quantitative estimate of drug-likeness (QED) is 0.861. The fourth-order valence-corrected chi connectivity index (χ4v) is 5.12. The molecule has 1 spiro atoms. The standard InChI is InChI=1S/C18H26N4S/c1-20-11-16(10-19-20)12-21-7-3-5-18(14-21)6-8-22(15-18)13-17-4-2-9-23-17/h2,4,9-11H,3,5-8,12-15H2,1H3/t18-/m1/s1. The van der Waals surface area contributed by atoms with Gasteiger partial charge in [0.1, 0.15) is 0 Å². The van der Waals surface area contributed by atoms with Crippen molar-refractivity contribution >= 4 is 11.3 Å². The zero-order valence-electron chi connectivity index (χ0n) is 13.9. The zero-order chi connectivity index (χ0) is 15.7. The summed E-state index contributed by atoms with van der Waals surface area (Å²) in [6, 6.07) is 4.44. The minimum absolute atomic E-state index is 0.526. The minimum Gasteiger partial charge on any atom is -0.298 e. The van der Waals surface area contributed by atoms with Gasteiger partial charge in [0.2, 0.25) is 0 Å². The Morgan fingerprint density at radius 1 is 1.17 bits per heavy atom. The summed E-state index contributed by atoms with van der Waals surface area (Å²) in [5.74, 6) is 0. The molecule has 2 aliphatic heterocycles. The predicted molar refractivity (Wildman–Crippen MR) is 94.4 cm³/mol. The smallest absolute Gasteiger partial charge is 0.0534 e. The summed E-state index contributed by atoms with van der Waals surface area (Å²) in [4.78, 5) is 6.82. The number of piperidine rings is 1. The molecule has 124 valence electrons. The number of aryl methyl sites for hydroxylation is 1. The van der Waals surface area contributed by atoms with Gasteiger partial charge in [0.25, 0.3) is 0 Å². The van der Waals surface area contributed by atoms with Crippen molar-refractivity contribution in [1.82, 2.24) is 19.6 Å². The third kappa shape index (κ3) is 3.52. The molecule has 0 amide bonds. The topological polar surface area (TPSA) is 24.3 Å². The lowest BCUT2D eigenvalue weighted by atomic mass is 9.79. The van der Waals surface area contributed by atoms with E-state index < -0.39 is 0 Å². The van der Waals surface area contributed by atoms with Gasteiger partial charge in [-0.05, 0) is 49.2 Å². The average Bonchev–Trinajstić information content (AvgIpc) is 3.24. The van der Waals surface area contributed by atoms with E-state index in [9.17, 15) is 0 Å². The Morgan fingerprint density at radius 2 is 2.04 bits per heavy atom. The van der Waals surface area contributed by atoms with Gasteiger partial charge in [-0.2, -0.15) is 5.10 Å². The summed E-state index contributed by atoms with van der Waals surface area (Å²) in [7, 11) is 2.00. The Balaban J connectivity index is 1.37. The molecule has 0 saturated carbocycles. The van der Waals surface area contributed by atoms with E-state index in [0.29, 0.717) is 5.41 Å². The third-order valence-electron chi connectivity index (χ3n) is 5.38. The molecule has 0 unspecified atom stereocenters. The molecule has 1 atom stereocenters. The van der Waals surface area contributed by atoms with Crippen molar-refractivity contribution in [2.45, 2.75) is 32.4 Å². The highest BCUT2D eigenvalue weighted by Crippen LogP contribution is 2.40. The van der Waals surface area contributed by atoms with Gasteiger partial charge in [0.15, 0.2) is 0 Å². The fourth-order valence-electron chi connectivity index (χ4n) is 4.38. The van der Waals surface area contributed by atoms with Gasteiger partial charge in [-0.1, -0.05) is 6.07 Å². The van der Waals surface area contributed by atoms with Crippen molar-refractivity contribution in [1.29, 1.82) is 0 Å². The molecule has 5 heteroatoms. The van der Waals surface area contributed by atoms with Crippen LogP contribution in [0.2, 0.25) is 0 Å². The Labute approximate surface area is 142 Å². The van der Waals surface area contributed by atoms with E-state index in [4.69, 9.17) is 0 Å². The second kappa shape index (κ2) is 6.38. The molecule has 2 aliphatic rings. The molecule has 4 rings (SSSR count). The number of aromatic nitrogens is 2. The van der Waals surface area contributed by atoms with Gasteiger partial charge in [-0.25, -0.2) is 0 Å². The highest BCUT2D eigenvalue weighted by molar-refractivity contribution is 7.09. The maximum absolute atomic E-state index is 4.31. The molecule has 0 radical (unpaired) electrons. The summed E-state index contributed by atoms with van der Waals surface area (Å²) < 4.78 is 1.91. The summed E-state index contributed by atoms with van der Waals surface area (Å²) >= 11 is 1.89. The fraction of sp³-hybridized carbons (Fsp3) is 0.611. The highest BCUT2D eigenvalue weighted by Gasteiger charge is 2.41. The maximum atomic E-state index is 4.31. The van der Waals surface area contributed by atoms with Crippen LogP contribution < -0.4 is 0 Å². The summed E-state index contributed by atoms with van der Waals surface area (Å²) in [6.07, 6.45) is 8.27. The third-order valence-corrected chi connectivity index (χ3v) is 6.24. The number of nitrogens with zero attached hydrogens (tertiary/aromatic N) is 4. The highest BCUT2D eigenvalue weighted by atomic mass is 32.1. The van der Waals surface area contributed by atoms with Crippen LogP contribution in [0.25, 0.3) is 0 Å². The summed E-state index contributed by atoms with van der Waals surface area (Å²) in [6.45, 7) is 7.22. The van der Waals surface area contributed by atoms with Crippen LogP contribution in [0.1, 0.15) is 29.7 Å². The lowest BCUT2D eigenvalue weighted by Crippen LogP contribution is -2.44. The van der Waals surface area contributed by atoms with Crippen molar-refractivity contribution < 1.29 is 0 Å². The summed E-state index contributed by atoms with van der Waals surface area (Å²) in [5.41, 5.74) is 1.87. The summed E-state index contributed by atoms with van der Waals surface area (Å²) in [5, 5.41) is 6.50. The molecule has 2 aromatic rings. The van der Waals surface area contributed by atoms with Gasteiger partial charge in [-0.3, -0.25) is 14.5 Å². The number of thiophene rings is 1.